The van der Waals surface area contributed by atoms with Crippen molar-refractivity contribution in [2.75, 3.05) is 13.1 Å². The number of nitrogens with zero attached hydrogens (tertiary/aromatic N) is 2. The van der Waals surface area contributed by atoms with Crippen LogP contribution in [0.3, 0.4) is 0 Å². The quantitative estimate of drug-likeness (QED) is 0.198. The molecule has 0 bridgehead atoms. The van der Waals surface area contributed by atoms with E-state index in [1.165, 1.54) is 42.6 Å². The molecule has 0 aromatic heterocycles. The summed E-state index contributed by atoms with van der Waals surface area (Å²) in [5, 5.41) is 26.1. The molecule has 6 atom stereocenters. The Balaban J connectivity index is 0.000000765. The first kappa shape index (κ1) is 34.3. The number of amides is 1. The summed E-state index contributed by atoms with van der Waals surface area (Å²) in [6.07, 6.45) is -4.64. The van der Waals surface area contributed by atoms with Gasteiger partial charge in [-0.2, -0.15) is 0 Å². The van der Waals surface area contributed by atoms with Crippen LogP contribution in [0.25, 0.3) is 0 Å². The minimum absolute atomic E-state index is 0.147. The van der Waals surface area contributed by atoms with Gasteiger partial charge in [-0.15, -0.1) is 11.8 Å². The summed E-state index contributed by atoms with van der Waals surface area (Å²) in [7, 11) is 0. The van der Waals surface area contributed by atoms with Crippen molar-refractivity contribution in [1.82, 2.24) is 9.80 Å². The Morgan fingerprint density at radius 1 is 1.02 bits per heavy atom. The molecule has 1 amide bonds. The molecule has 2 unspecified atom stereocenters. The van der Waals surface area contributed by atoms with Crippen LogP contribution in [0.2, 0.25) is 0 Å². The molecule has 1 aromatic carbocycles. The number of hydrogen-bond donors (Lipinski definition) is 3. The number of aliphatic hydroxyl groups is 2. The highest BCUT2D eigenvalue weighted by Gasteiger charge is 2.60. The van der Waals surface area contributed by atoms with Crippen molar-refractivity contribution in [2.24, 2.45) is 11.8 Å². The fourth-order valence-electron chi connectivity index (χ4n) is 5.01. The smallest absolute Gasteiger partial charge is 0.479 e. The van der Waals surface area contributed by atoms with E-state index in [9.17, 15) is 28.7 Å². The molecule has 0 radical (unpaired) electrons. The van der Waals surface area contributed by atoms with Gasteiger partial charge in [-0.3, -0.25) is 9.69 Å². The molecule has 0 aliphatic carbocycles. The number of hydrogen-bond acceptors (Lipinski definition) is 11. The van der Waals surface area contributed by atoms with Gasteiger partial charge in [0.1, 0.15) is 17.6 Å². The number of esters is 1. The maximum absolute atomic E-state index is 13.2. The van der Waals surface area contributed by atoms with Crippen LogP contribution in [-0.4, -0.2) is 98.1 Å². The van der Waals surface area contributed by atoms with Gasteiger partial charge in [0, 0.05) is 42.6 Å². The van der Waals surface area contributed by atoms with Crippen molar-refractivity contribution in [2.45, 2.75) is 84.0 Å². The van der Waals surface area contributed by atoms with Gasteiger partial charge >= 0.3 is 18.1 Å². The number of carboxylic acid groups (broad SMARTS) is 1. The van der Waals surface area contributed by atoms with Gasteiger partial charge in [0.05, 0.1) is 24.2 Å². The molecule has 2 fully saturated rings. The average Bonchev–Trinajstić information content (AvgIpc) is 3.11. The van der Waals surface area contributed by atoms with Gasteiger partial charge in [0.2, 0.25) is 12.2 Å². The molecule has 238 valence electrons. The van der Waals surface area contributed by atoms with Gasteiger partial charge in [0.15, 0.2) is 0 Å². The molecule has 3 N–H and O–H groups in total. The zero-order valence-corrected chi connectivity index (χ0v) is 25.7. The van der Waals surface area contributed by atoms with Crippen LogP contribution < -0.4 is 0 Å². The number of rotatable bonds is 10. The molecular formula is C29H39FN2O10S. The van der Waals surface area contributed by atoms with E-state index in [1.54, 1.807) is 32.9 Å². The lowest BCUT2D eigenvalue weighted by Gasteiger charge is -2.46. The van der Waals surface area contributed by atoms with Gasteiger partial charge in [-0.05, 0) is 45.4 Å². The van der Waals surface area contributed by atoms with Crippen molar-refractivity contribution in [3.63, 3.8) is 0 Å². The number of β-lactam (4-membered cyclic amide) rings is 1. The Hall–Kier alpha value is -3.20. The maximum atomic E-state index is 13.2. The van der Waals surface area contributed by atoms with Crippen LogP contribution in [0.15, 0.2) is 34.9 Å². The minimum Gasteiger partial charge on any atom is -0.479 e. The highest BCUT2D eigenvalue weighted by atomic mass is 32.2. The number of carboxylic acids is 1. The third-order valence-corrected chi connectivity index (χ3v) is 8.51. The van der Waals surface area contributed by atoms with Gasteiger partial charge < -0.3 is 34.4 Å². The fraction of sp³-hybridized carbons (Fsp3) is 0.586. The van der Waals surface area contributed by atoms with E-state index in [1.807, 2.05) is 6.92 Å². The lowest BCUT2D eigenvalue weighted by molar-refractivity contribution is -0.174. The van der Waals surface area contributed by atoms with E-state index >= 15 is 0 Å². The topological polar surface area (TPSA) is 163 Å². The van der Waals surface area contributed by atoms with E-state index < -0.39 is 48.6 Å². The average molecular weight is 627 g/mol. The predicted molar refractivity (Wildman–Crippen MR) is 153 cm³/mol. The first-order chi connectivity index (χ1) is 20.1. The highest BCUT2D eigenvalue weighted by molar-refractivity contribution is 8.03. The second kappa shape index (κ2) is 14.5. The van der Waals surface area contributed by atoms with Crippen LogP contribution in [0.4, 0.5) is 9.18 Å². The highest BCUT2D eigenvalue weighted by Crippen LogP contribution is 2.52. The van der Waals surface area contributed by atoms with Crippen LogP contribution in [0.5, 0.6) is 0 Å². The summed E-state index contributed by atoms with van der Waals surface area (Å²) in [4.78, 5) is 51.7. The zero-order chi connectivity index (χ0) is 32.2. The molecule has 0 saturated carbocycles. The molecule has 1 aromatic rings. The third-order valence-electron chi connectivity index (χ3n) is 7.06. The fourth-order valence-corrected chi connectivity index (χ4v) is 6.59. The largest absolute Gasteiger partial charge is 0.511 e. The number of carbonyl (C=O) groups excluding carboxylic acids is 3. The Morgan fingerprint density at radius 2 is 1.60 bits per heavy atom. The molecular weight excluding hydrogens is 587 g/mol. The number of fused-ring (bicyclic) bond motifs is 1. The summed E-state index contributed by atoms with van der Waals surface area (Å²) in [5.41, 5.74) is 1.16. The number of thioether (sulfide) groups is 1. The number of aliphatic carboxylic acids is 1. The summed E-state index contributed by atoms with van der Waals surface area (Å²) in [6.45, 7) is 11.7. The first-order valence-corrected chi connectivity index (χ1v) is 14.9. The molecule has 0 spiro atoms. The summed E-state index contributed by atoms with van der Waals surface area (Å²) in [5.74, 6) is -3.31. The lowest BCUT2D eigenvalue weighted by Crippen LogP contribution is -2.63. The van der Waals surface area contributed by atoms with E-state index in [2.05, 4.69) is 4.90 Å². The molecule has 14 heteroatoms. The van der Waals surface area contributed by atoms with E-state index in [-0.39, 0.29) is 34.6 Å². The van der Waals surface area contributed by atoms with E-state index in [0.717, 1.165) is 23.6 Å². The Labute approximate surface area is 253 Å². The molecule has 12 nitrogen and oxygen atoms in total. The zero-order valence-electron chi connectivity index (χ0n) is 24.9. The van der Waals surface area contributed by atoms with Gasteiger partial charge in [-0.25, -0.2) is 18.8 Å². The molecule has 4 rings (SSSR count). The monoisotopic (exact) mass is 626 g/mol. The number of likely N-dealkylation sites (tertiary alicyclic amines) is 1. The standard InChI is InChI=1S/C26H33FN2O7S.C3H6O3/c1-13(2)34-26(33)36-16(5)35-25(32)22-23(14(3)21-20(15(4)30)24(31)29(21)22)37-19-11-28(12-19)10-17-6-8-18(27)9-7-17;1-2(4)3(5)6/h6-9,13-16,19-21,30H,10-12H2,1-5H3;2,4H,1H3,(H,5,6)/t14-,15-,16?,20-,21-;/m1./s1. The van der Waals surface area contributed by atoms with Crippen LogP contribution in [0, 0.1) is 17.7 Å². The van der Waals surface area contributed by atoms with Crippen molar-refractivity contribution >= 4 is 35.8 Å². The van der Waals surface area contributed by atoms with Crippen molar-refractivity contribution in [1.29, 1.82) is 0 Å². The number of ether oxygens (including phenoxy) is 3. The Kier molecular flexibility index (Phi) is 11.6. The summed E-state index contributed by atoms with van der Waals surface area (Å²) >= 11 is 1.54. The van der Waals surface area contributed by atoms with E-state index in [0.29, 0.717) is 6.54 Å². The van der Waals surface area contributed by atoms with Crippen molar-refractivity contribution in [3.8, 4) is 0 Å². The van der Waals surface area contributed by atoms with Crippen molar-refractivity contribution in [3.05, 3.63) is 46.2 Å². The van der Waals surface area contributed by atoms with Crippen LogP contribution >= 0.6 is 11.8 Å². The lowest BCUT2D eigenvalue weighted by atomic mass is 9.79. The maximum Gasteiger partial charge on any atom is 0.511 e. The van der Waals surface area contributed by atoms with Crippen molar-refractivity contribution < 1.29 is 53.1 Å². The van der Waals surface area contributed by atoms with Gasteiger partial charge in [-0.1, -0.05) is 19.1 Å². The molecule has 43 heavy (non-hydrogen) atoms. The second-order valence-electron chi connectivity index (χ2n) is 11.0. The second-order valence-corrected chi connectivity index (χ2v) is 12.4. The number of halogens is 1. The number of benzene rings is 1. The van der Waals surface area contributed by atoms with Gasteiger partial charge in [0.25, 0.3) is 0 Å². The van der Waals surface area contributed by atoms with Crippen LogP contribution in [-0.2, 0) is 35.1 Å². The molecule has 3 aliphatic rings. The first-order valence-electron chi connectivity index (χ1n) is 14.0. The number of aliphatic hydroxyl groups excluding tert-OH is 2. The summed E-state index contributed by atoms with van der Waals surface area (Å²) < 4.78 is 28.5. The summed E-state index contributed by atoms with van der Waals surface area (Å²) in [6, 6.07) is 6.07. The van der Waals surface area contributed by atoms with E-state index in [4.69, 9.17) is 24.4 Å². The molecule has 2 saturated heterocycles. The predicted octanol–water partition coefficient (Wildman–Crippen LogP) is 2.71. The minimum atomic E-state index is -1.23. The Bertz CT molecular complexity index is 1220. The SMILES string of the molecule is CC(C)OC(=O)OC(C)OC(=O)C1=C(SC2CN(Cc3ccc(F)cc3)C2)[C@H](C)[C@@H]2[C@@H]([C@@H](C)O)C(=O)N12.CC(O)C(=O)O. The third kappa shape index (κ3) is 8.46. The normalized spacial score (nSPS) is 23.7. The number of carbonyl (C=O) groups is 4. The van der Waals surface area contributed by atoms with Crippen LogP contribution in [0.1, 0.15) is 47.1 Å². The Morgan fingerprint density at radius 3 is 2.12 bits per heavy atom. The molecule has 3 heterocycles. The molecule has 3 aliphatic heterocycles.